The number of carbonyl (C=O) groups excluding carboxylic acids is 3. The molecule has 5 N–H and O–H groups in total. The number of benzene rings is 2. The second-order valence-electron chi connectivity index (χ2n) is 16.9. The molecule has 0 amide bonds. The predicted molar refractivity (Wildman–Crippen MR) is 236 cm³/mol. The molecule has 322 valence electrons. The molecule has 5 unspecified atom stereocenters. The van der Waals surface area contributed by atoms with E-state index in [0.717, 1.165) is 34.3 Å². The van der Waals surface area contributed by atoms with Crippen LogP contribution in [-0.4, -0.2) is 75.3 Å². The van der Waals surface area contributed by atoms with E-state index in [-0.39, 0.29) is 59.8 Å². The maximum atomic E-state index is 14.4. The quantitative estimate of drug-likeness (QED) is 0.0876. The first-order chi connectivity index (χ1) is 29.4. The van der Waals surface area contributed by atoms with E-state index in [4.69, 9.17) is 9.47 Å². The third-order valence-electron chi connectivity index (χ3n) is 12.8. The highest BCUT2D eigenvalue weighted by molar-refractivity contribution is 5.95. The number of esters is 1. The summed E-state index contributed by atoms with van der Waals surface area (Å²) in [4.78, 5) is 45.1. The number of aliphatic hydroxyl groups is 1. The Morgan fingerprint density at radius 1 is 1.03 bits per heavy atom. The number of nitrogens with one attached hydrogen (secondary N) is 2. The van der Waals surface area contributed by atoms with Crippen molar-refractivity contribution in [3.63, 3.8) is 0 Å². The third-order valence-corrected chi connectivity index (χ3v) is 12.8. The number of H-pyrrole nitrogens is 1. The van der Waals surface area contributed by atoms with Gasteiger partial charge in [0.1, 0.15) is 23.5 Å². The number of nitrogens with zero attached hydrogens (tertiary/aromatic N) is 2. The molecule has 4 heterocycles. The van der Waals surface area contributed by atoms with E-state index < -0.39 is 23.9 Å². The molecule has 1 spiro atoms. The Hall–Kier alpha value is -6.01. The molecule has 2 aromatic carbocycles. The maximum absolute atomic E-state index is 14.4. The summed E-state index contributed by atoms with van der Waals surface area (Å²) < 4.78 is 13.3. The zero-order valence-corrected chi connectivity index (χ0v) is 35.5. The summed E-state index contributed by atoms with van der Waals surface area (Å²) in [6.45, 7) is 6.16. The number of fused-ring (bicyclic) bond motifs is 3. The van der Waals surface area contributed by atoms with Gasteiger partial charge in [-0.3, -0.25) is 14.4 Å². The molecule has 61 heavy (non-hydrogen) atoms. The fourth-order valence-corrected chi connectivity index (χ4v) is 9.39. The van der Waals surface area contributed by atoms with Crippen LogP contribution in [0.4, 0.5) is 5.69 Å². The van der Waals surface area contributed by atoms with Crippen molar-refractivity contribution in [2.75, 3.05) is 31.7 Å². The summed E-state index contributed by atoms with van der Waals surface area (Å²) in [5.74, 6) is -0.275. The molecule has 0 saturated carbocycles. The Balaban J connectivity index is 1.39. The Labute approximate surface area is 357 Å². The number of phenols is 2. The minimum absolute atomic E-state index is 0.00583. The van der Waals surface area contributed by atoms with Gasteiger partial charge in [0, 0.05) is 81.4 Å². The summed E-state index contributed by atoms with van der Waals surface area (Å²) in [6, 6.07) is 8.39. The van der Waals surface area contributed by atoms with Gasteiger partial charge in [0.25, 0.3) is 0 Å². The molecule has 12 nitrogen and oxygen atoms in total. The number of phenolic OH excluding ortho intramolecular Hbond substituents is 2. The van der Waals surface area contributed by atoms with Crippen molar-refractivity contribution in [2.45, 2.75) is 84.3 Å². The number of Topliss-reactive ketones (excluding diaryl/α,β-unsaturated/α-hetero) is 2. The summed E-state index contributed by atoms with van der Waals surface area (Å²) in [5, 5.41) is 37.2. The first-order valence-corrected chi connectivity index (χ1v) is 21.3. The molecule has 4 aromatic rings. The highest BCUT2D eigenvalue weighted by atomic mass is 16.5. The molecule has 0 fully saturated rings. The number of aromatic nitrogens is 2. The molecule has 12 heteroatoms. The Morgan fingerprint density at radius 3 is 2.61 bits per heavy atom. The summed E-state index contributed by atoms with van der Waals surface area (Å²) >= 11 is 0. The lowest BCUT2D eigenvalue weighted by atomic mass is 9.66. The molecule has 2 aromatic heterocycles. The van der Waals surface area contributed by atoms with Crippen LogP contribution in [0.15, 0.2) is 103 Å². The number of dihydropyridines is 1. The number of ether oxygens (including phenoxy) is 2. The Bertz CT molecular complexity index is 2390. The molecule has 4 bridgehead atoms. The van der Waals surface area contributed by atoms with Gasteiger partial charge >= 0.3 is 5.97 Å². The molecule has 1 aliphatic carbocycles. The average Bonchev–Trinajstić information content (AvgIpc) is 3.87. The number of carbonyl (C=O) groups is 3. The van der Waals surface area contributed by atoms with Crippen LogP contribution in [0, 0.1) is 17.3 Å². The number of aliphatic hydroxyl groups excluding tert-OH is 1. The first-order valence-electron chi connectivity index (χ1n) is 21.3. The number of anilines is 1. The number of aromatic amines is 1. The van der Waals surface area contributed by atoms with Crippen LogP contribution in [0.25, 0.3) is 10.8 Å². The van der Waals surface area contributed by atoms with E-state index in [9.17, 15) is 29.7 Å². The zero-order chi connectivity index (χ0) is 43.3. The van der Waals surface area contributed by atoms with Gasteiger partial charge in [0.15, 0.2) is 11.5 Å². The minimum atomic E-state index is -0.679. The lowest BCUT2D eigenvalue weighted by Gasteiger charge is -2.38. The topological polar surface area (TPSA) is 166 Å². The predicted octanol–water partition coefficient (Wildman–Crippen LogP) is 7.74. The summed E-state index contributed by atoms with van der Waals surface area (Å²) in [5.41, 5.74) is 4.51. The molecular formula is C49H58N4O8. The van der Waals surface area contributed by atoms with Crippen molar-refractivity contribution in [3.05, 3.63) is 120 Å². The largest absolute Gasteiger partial charge is 0.504 e. The molecule has 3 aliphatic rings. The van der Waals surface area contributed by atoms with Gasteiger partial charge in [-0.2, -0.15) is 0 Å². The van der Waals surface area contributed by atoms with E-state index in [1.165, 1.54) is 31.2 Å². The fraction of sp³-hybridized carbons (Fsp3) is 0.408. The summed E-state index contributed by atoms with van der Waals surface area (Å²) in [6.07, 6.45) is 23.7. The van der Waals surface area contributed by atoms with Gasteiger partial charge in [-0.05, 0) is 103 Å². The molecule has 0 saturated heterocycles. The molecule has 0 radical (unpaired) electrons. The van der Waals surface area contributed by atoms with Gasteiger partial charge in [-0.25, -0.2) is 0 Å². The highest BCUT2D eigenvalue weighted by Crippen LogP contribution is 2.44. The van der Waals surface area contributed by atoms with Gasteiger partial charge < -0.3 is 44.6 Å². The monoisotopic (exact) mass is 830 g/mol. The van der Waals surface area contributed by atoms with Crippen molar-refractivity contribution in [3.8, 4) is 17.2 Å². The van der Waals surface area contributed by atoms with Crippen LogP contribution in [-0.2, 0) is 32.0 Å². The smallest absolute Gasteiger partial charge is 0.302 e. The molecular weight excluding hydrogens is 773 g/mol. The van der Waals surface area contributed by atoms with Crippen molar-refractivity contribution in [2.24, 2.45) is 17.3 Å². The standard InChI is InChI=1S/C49H58N4O8/c1-31-8-5-6-15-49(31)16-11-41(61-33(3)56)24-40(57)25-44(37-21-45(58)48(59)46(22-37)60-4)52-29-36-9-7-10-43(42(36)30-52)53(18-13-32(2)55)47-23-34(12-17-51-47)35(14-19-54)20-38-27-50-28-39(38)26-49/h5-10,12,15,21-23,27-31,35,41,44,50-51,54,58-59H,11,13-14,16-20,24-26H2,1-4H3. The lowest BCUT2D eigenvalue weighted by Crippen LogP contribution is -2.36. The van der Waals surface area contributed by atoms with Crippen molar-refractivity contribution < 1.29 is 39.2 Å². The van der Waals surface area contributed by atoms with Gasteiger partial charge in [-0.1, -0.05) is 49.4 Å². The van der Waals surface area contributed by atoms with E-state index in [0.29, 0.717) is 50.8 Å². The summed E-state index contributed by atoms with van der Waals surface area (Å²) in [7, 11) is 1.40. The van der Waals surface area contributed by atoms with Crippen LogP contribution >= 0.6 is 0 Å². The molecule has 7 rings (SSSR count). The van der Waals surface area contributed by atoms with Crippen LogP contribution < -0.4 is 15.0 Å². The molecule has 2 aliphatic heterocycles. The second kappa shape index (κ2) is 18.7. The molecule has 5 atom stereocenters. The highest BCUT2D eigenvalue weighted by Gasteiger charge is 2.37. The van der Waals surface area contributed by atoms with Gasteiger partial charge in [0.05, 0.1) is 18.8 Å². The third kappa shape index (κ3) is 9.65. The van der Waals surface area contributed by atoms with Crippen LogP contribution in [0.1, 0.15) is 82.0 Å². The van der Waals surface area contributed by atoms with Crippen LogP contribution in [0.3, 0.4) is 0 Å². The fourth-order valence-electron chi connectivity index (χ4n) is 9.39. The van der Waals surface area contributed by atoms with Gasteiger partial charge in [0.2, 0.25) is 5.75 Å². The van der Waals surface area contributed by atoms with Crippen molar-refractivity contribution in [1.82, 2.24) is 14.9 Å². The van der Waals surface area contributed by atoms with Crippen molar-refractivity contribution in [1.29, 1.82) is 0 Å². The van der Waals surface area contributed by atoms with E-state index in [1.807, 2.05) is 35.2 Å². The number of rotatable bonds is 8. The van der Waals surface area contributed by atoms with E-state index >= 15 is 0 Å². The van der Waals surface area contributed by atoms with E-state index in [1.54, 1.807) is 13.0 Å². The Morgan fingerprint density at radius 2 is 1.85 bits per heavy atom. The van der Waals surface area contributed by atoms with Crippen molar-refractivity contribution >= 4 is 34.0 Å². The first kappa shape index (κ1) is 43.1. The SMILES string of the molecule is COc1cc(C2CC(=O)CC(OC(C)=O)CCC3(C=CC=CC3C)Cc3c[nH]cc3CC(CCO)C3=CCNC(=C3)N(CCC(C)=O)c3cccc4cn2cc34)cc(O)c1O. The lowest BCUT2D eigenvalue weighted by molar-refractivity contribution is -0.148. The Kier molecular flexibility index (Phi) is 13.2. The number of hydrogen-bond acceptors (Lipinski definition) is 10. The second-order valence-corrected chi connectivity index (χ2v) is 16.9. The number of allylic oxidation sites excluding steroid dienone is 6. The van der Waals surface area contributed by atoms with Gasteiger partial charge in [-0.15, -0.1) is 0 Å². The average molecular weight is 831 g/mol. The number of aromatic hydroxyl groups is 2. The normalized spacial score (nSPS) is 23.5. The van der Waals surface area contributed by atoms with E-state index in [2.05, 4.69) is 71.0 Å². The number of hydrogen-bond donors (Lipinski definition) is 5. The van der Waals surface area contributed by atoms with Crippen LogP contribution in [0.2, 0.25) is 0 Å². The zero-order valence-electron chi connectivity index (χ0n) is 35.5. The number of ketones is 2. The number of methoxy groups -OCH3 is 1. The minimum Gasteiger partial charge on any atom is -0.504 e. The maximum Gasteiger partial charge on any atom is 0.302 e. The van der Waals surface area contributed by atoms with Crippen LogP contribution in [0.5, 0.6) is 17.2 Å².